The van der Waals surface area contributed by atoms with E-state index < -0.39 is 5.75 Å². The zero-order valence-electron chi connectivity index (χ0n) is 6.06. The van der Waals surface area contributed by atoms with E-state index in [0.717, 1.165) is 6.07 Å². The molecule has 0 radical (unpaired) electrons. The van der Waals surface area contributed by atoms with E-state index in [1.807, 2.05) is 0 Å². The van der Waals surface area contributed by atoms with Gasteiger partial charge in [-0.25, -0.2) is 4.63 Å². The first-order valence-electron chi connectivity index (χ1n) is 3.21. The Labute approximate surface area is 76.3 Å². The fourth-order valence-corrected chi connectivity index (χ4v) is 1.19. The lowest BCUT2D eigenvalue weighted by atomic mass is 10.2. The van der Waals surface area contributed by atoms with Crippen LogP contribution in [0.25, 0.3) is 16.0 Å². The van der Waals surface area contributed by atoms with Crippen LogP contribution >= 0.6 is 11.6 Å². The molecule has 0 atom stereocenters. The monoisotopic (exact) mass is 196 g/mol. The van der Waals surface area contributed by atoms with Gasteiger partial charge in [-0.15, -0.1) is 0 Å². The van der Waals surface area contributed by atoms with Gasteiger partial charge in [0.1, 0.15) is 0 Å². The van der Waals surface area contributed by atoms with Crippen molar-refractivity contribution in [2.45, 2.75) is 0 Å². The highest BCUT2D eigenvalue weighted by Gasteiger charge is 2.20. The highest BCUT2D eigenvalue weighted by atomic mass is 35.5. The largest absolute Gasteiger partial charge is 0.867 e. The molecule has 0 saturated carbocycles. The summed E-state index contributed by atoms with van der Waals surface area (Å²) in [5.41, 5.74) is 0.0368. The molecule has 1 aromatic carbocycles. The van der Waals surface area contributed by atoms with Crippen molar-refractivity contribution in [2.75, 3.05) is 0 Å². The van der Waals surface area contributed by atoms with Crippen molar-refractivity contribution in [3.63, 3.8) is 0 Å². The Bertz CT molecular complexity index is 515. The Balaban J connectivity index is 2.99. The fraction of sp³-hybridized carbons (Fsp3) is 0. The van der Waals surface area contributed by atoms with Crippen LogP contribution in [0.1, 0.15) is 0 Å². The molecule has 0 aliphatic rings. The third kappa shape index (κ3) is 0.981. The molecule has 13 heavy (non-hydrogen) atoms. The molecule has 0 amide bonds. The SMILES string of the molecule is N#[N+]c1c([O-])cc(Cl)c2nonc12. The Morgan fingerprint density at radius 3 is 2.85 bits per heavy atom. The molecule has 64 valence electrons. The van der Waals surface area contributed by atoms with E-state index >= 15 is 0 Å². The molecule has 1 heterocycles. The number of aromatic nitrogens is 2. The Morgan fingerprint density at radius 2 is 2.15 bits per heavy atom. The fourth-order valence-electron chi connectivity index (χ4n) is 0.966. The van der Waals surface area contributed by atoms with Crippen LogP contribution in [0.4, 0.5) is 5.69 Å². The summed E-state index contributed by atoms with van der Waals surface area (Å²) < 4.78 is 4.35. The lowest BCUT2D eigenvalue weighted by molar-refractivity contribution is -0.266. The molecule has 0 unspecified atom stereocenters. The van der Waals surface area contributed by atoms with Crippen LogP contribution in [0.15, 0.2) is 10.7 Å². The first-order valence-corrected chi connectivity index (χ1v) is 3.58. The molecular formula is C6HClN4O2. The molecule has 0 bridgehead atoms. The second-order valence-corrected chi connectivity index (χ2v) is 2.67. The van der Waals surface area contributed by atoms with Crippen molar-refractivity contribution >= 4 is 28.3 Å². The van der Waals surface area contributed by atoms with Crippen molar-refractivity contribution in [2.24, 2.45) is 0 Å². The third-order valence-corrected chi connectivity index (χ3v) is 1.82. The zero-order valence-corrected chi connectivity index (χ0v) is 6.82. The van der Waals surface area contributed by atoms with E-state index in [1.54, 1.807) is 0 Å². The van der Waals surface area contributed by atoms with E-state index in [0.29, 0.717) is 0 Å². The normalized spacial score (nSPS) is 10.2. The number of nitrogens with zero attached hydrogens (tertiary/aromatic N) is 4. The lowest BCUT2D eigenvalue weighted by Crippen LogP contribution is -1.90. The van der Waals surface area contributed by atoms with Crippen LogP contribution < -0.4 is 5.11 Å². The molecule has 0 fully saturated rings. The van der Waals surface area contributed by atoms with Gasteiger partial charge >= 0.3 is 5.69 Å². The smallest absolute Gasteiger partial charge is 0.408 e. The number of benzene rings is 1. The van der Waals surface area contributed by atoms with Crippen molar-refractivity contribution < 1.29 is 9.74 Å². The maximum absolute atomic E-state index is 11.1. The predicted molar refractivity (Wildman–Crippen MR) is 41.0 cm³/mol. The maximum Gasteiger partial charge on any atom is 0.408 e. The molecule has 1 aromatic heterocycles. The molecule has 0 spiro atoms. The van der Waals surface area contributed by atoms with E-state index in [4.69, 9.17) is 17.0 Å². The van der Waals surface area contributed by atoms with Crippen LogP contribution in [0.3, 0.4) is 0 Å². The van der Waals surface area contributed by atoms with Crippen LogP contribution in [-0.4, -0.2) is 10.3 Å². The van der Waals surface area contributed by atoms with Crippen molar-refractivity contribution in [3.8, 4) is 5.75 Å². The average molecular weight is 197 g/mol. The minimum absolute atomic E-state index is 0.0556. The summed E-state index contributed by atoms with van der Waals surface area (Å²) >= 11 is 5.65. The van der Waals surface area contributed by atoms with Crippen molar-refractivity contribution in [1.29, 1.82) is 5.39 Å². The number of halogens is 1. The van der Waals surface area contributed by atoms with Gasteiger partial charge in [0, 0.05) is 0 Å². The Hall–Kier alpha value is -1.87. The summed E-state index contributed by atoms with van der Waals surface area (Å²) in [6, 6.07) is 1.09. The van der Waals surface area contributed by atoms with Gasteiger partial charge in [0.15, 0.2) is 10.5 Å². The van der Waals surface area contributed by atoms with Gasteiger partial charge in [-0.05, 0) is 22.1 Å². The molecule has 0 saturated heterocycles. The van der Waals surface area contributed by atoms with Gasteiger partial charge in [-0.1, -0.05) is 11.6 Å². The second kappa shape index (κ2) is 2.57. The molecule has 0 aliphatic heterocycles. The molecule has 2 aromatic rings. The summed E-state index contributed by atoms with van der Waals surface area (Å²) in [4.78, 5) is 2.78. The molecule has 6 nitrogen and oxygen atoms in total. The molecule has 2 rings (SSSR count). The van der Waals surface area contributed by atoms with Crippen LogP contribution in [0.5, 0.6) is 5.75 Å². The number of fused-ring (bicyclic) bond motifs is 1. The van der Waals surface area contributed by atoms with E-state index in [9.17, 15) is 5.11 Å². The van der Waals surface area contributed by atoms with Crippen LogP contribution in [0, 0.1) is 5.39 Å². The number of hydrogen-bond donors (Lipinski definition) is 0. The first kappa shape index (κ1) is 7.76. The maximum atomic E-state index is 11.1. The van der Waals surface area contributed by atoms with Gasteiger partial charge in [-0.2, -0.15) is 0 Å². The van der Waals surface area contributed by atoms with E-state index in [1.165, 1.54) is 0 Å². The Morgan fingerprint density at radius 1 is 1.46 bits per heavy atom. The number of diazo groups is 1. The minimum Gasteiger partial charge on any atom is -0.867 e. The first-order chi connectivity index (χ1) is 6.24. The molecule has 7 heteroatoms. The zero-order chi connectivity index (χ0) is 9.42. The van der Waals surface area contributed by atoms with Crippen LogP contribution in [-0.2, 0) is 0 Å². The van der Waals surface area contributed by atoms with Gasteiger partial charge in [0.05, 0.1) is 5.02 Å². The summed E-state index contributed by atoms with van der Waals surface area (Å²) in [5.74, 6) is -0.532. The number of hydrogen-bond acceptors (Lipinski definition) is 5. The Kier molecular flexibility index (Phi) is 1.53. The van der Waals surface area contributed by atoms with Crippen molar-refractivity contribution in [1.82, 2.24) is 10.3 Å². The molecule has 0 N–H and O–H groups in total. The highest BCUT2D eigenvalue weighted by molar-refractivity contribution is 6.35. The van der Waals surface area contributed by atoms with E-state index in [2.05, 4.69) is 19.9 Å². The summed E-state index contributed by atoms with van der Waals surface area (Å²) in [6.45, 7) is 0. The van der Waals surface area contributed by atoms with Gasteiger partial charge in [0.25, 0.3) is 0 Å². The third-order valence-electron chi connectivity index (χ3n) is 1.53. The minimum atomic E-state index is -0.532. The summed E-state index contributed by atoms with van der Waals surface area (Å²) in [5, 5.41) is 26.6. The quantitative estimate of drug-likeness (QED) is 0.595. The molecular weight excluding hydrogens is 196 g/mol. The number of rotatable bonds is 0. The van der Waals surface area contributed by atoms with Gasteiger partial charge in [-0.3, -0.25) is 0 Å². The summed E-state index contributed by atoms with van der Waals surface area (Å²) in [6.07, 6.45) is 0. The van der Waals surface area contributed by atoms with Gasteiger partial charge < -0.3 is 5.11 Å². The summed E-state index contributed by atoms with van der Waals surface area (Å²) in [7, 11) is 0. The lowest BCUT2D eigenvalue weighted by Gasteiger charge is -1.99. The topological polar surface area (TPSA) is 90.1 Å². The average Bonchev–Trinajstić information content (AvgIpc) is 2.53. The van der Waals surface area contributed by atoms with Crippen LogP contribution in [0.2, 0.25) is 5.02 Å². The van der Waals surface area contributed by atoms with E-state index in [-0.39, 0.29) is 21.7 Å². The van der Waals surface area contributed by atoms with Gasteiger partial charge in [0.2, 0.25) is 10.9 Å². The molecule has 0 aliphatic carbocycles. The van der Waals surface area contributed by atoms with Crippen molar-refractivity contribution in [3.05, 3.63) is 16.1 Å². The highest BCUT2D eigenvalue weighted by Crippen LogP contribution is 2.35. The predicted octanol–water partition coefficient (Wildman–Crippen LogP) is 1.43. The second-order valence-electron chi connectivity index (χ2n) is 2.27. The standard InChI is InChI=1S/C6HClN4O2/c7-2-1-3(12)5(9-8)6-4(2)10-13-11-6/h1H.